The van der Waals surface area contributed by atoms with E-state index in [1.807, 2.05) is 23.9 Å². The molecule has 1 aromatic carbocycles. The minimum absolute atomic E-state index is 0.125. The first kappa shape index (κ1) is 13.1. The first-order valence-corrected chi connectivity index (χ1v) is 6.11. The Bertz CT molecular complexity index is 596. The molecule has 0 radical (unpaired) electrons. The number of ketones is 1. The van der Waals surface area contributed by atoms with Crippen molar-refractivity contribution in [1.82, 2.24) is 4.57 Å². The second kappa shape index (κ2) is 5.52. The molecule has 4 heteroatoms. The van der Waals surface area contributed by atoms with E-state index in [1.54, 1.807) is 30.3 Å². The summed E-state index contributed by atoms with van der Waals surface area (Å²) in [6.45, 7) is 2.46. The van der Waals surface area contributed by atoms with E-state index in [-0.39, 0.29) is 11.3 Å². The molecule has 0 aliphatic carbocycles. The van der Waals surface area contributed by atoms with Gasteiger partial charge in [0.05, 0.1) is 5.56 Å². The SMILES string of the molecule is CCC(=O)c1ccn(Cc2ccc(C(=O)O)cc2)c1. The van der Waals surface area contributed by atoms with Gasteiger partial charge in [-0.3, -0.25) is 4.79 Å². The molecule has 0 unspecified atom stereocenters. The average molecular weight is 257 g/mol. The van der Waals surface area contributed by atoms with Crippen molar-refractivity contribution in [2.24, 2.45) is 0 Å². The van der Waals surface area contributed by atoms with Crippen LogP contribution >= 0.6 is 0 Å². The monoisotopic (exact) mass is 257 g/mol. The minimum Gasteiger partial charge on any atom is -0.478 e. The Morgan fingerprint density at radius 1 is 1.11 bits per heavy atom. The number of hydrogen-bond donors (Lipinski definition) is 1. The Labute approximate surface area is 111 Å². The summed E-state index contributed by atoms with van der Waals surface area (Å²) in [6, 6.07) is 8.53. The third kappa shape index (κ3) is 3.10. The first-order valence-electron chi connectivity index (χ1n) is 6.11. The molecule has 0 saturated carbocycles. The zero-order valence-corrected chi connectivity index (χ0v) is 10.7. The van der Waals surface area contributed by atoms with Crippen molar-refractivity contribution < 1.29 is 14.7 Å². The smallest absolute Gasteiger partial charge is 0.335 e. The quantitative estimate of drug-likeness (QED) is 0.838. The topological polar surface area (TPSA) is 59.3 Å². The van der Waals surface area contributed by atoms with Crippen LogP contribution in [0, 0.1) is 0 Å². The zero-order chi connectivity index (χ0) is 13.8. The second-order valence-corrected chi connectivity index (χ2v) is 4.35. The van der Waals surface area contributed by atoms with E-state index >= 15 is 0 Å². The van der Waals surface area contributed by atoms with Crippen LogP contribution in [0.3, 0.4) is 0 Å². The van der Waals surface area contributed by atoms with Gasteiger partial charge in [0.15, 0.2) is 5.78 Å². The molecule has 0 bridgehead atoms. The van der Waals surface area contributed by atoms with Crippen molar-refractivity contribution in [2.45, 2.75) is 19.9 Å². The standard InChI is InChI=1S/C15H15NO3/c1-2-14(17)13-7-8-16(10-13)9-11-3-5-12(6-4-11)15(18)19/h3-8,10H,2,9H2,1H3,(H,18,19). The molecule has 1 aromatic heterocycles. The fourth-order valence-corrected chi connectivity index (χ4v) is 1.87. The van der Waals surface area contributed by atoms with Crippen molar-refractivity contribution in [3.05, 3.63) is 59.4 Å². The van der Waals surface area contributed by atoms with Gasteiger partial charge in [-0.15, -0.1) is 0 Å². The molecular weight excluding hydrogens is 242 g/mol. The molecule has 19 heavy (non-hydrogen) atoms. The van der Waals surface area contributed by atoms with Gasteiger partial charge in [-0.2, -0.15) is 0 Å². The summed E-state index contributed by atoms with van der Waals surface area (Å²) in [7, 11) is 0. The minimum atomic E-state index is -0.927. The molecule has 98 valence electrons. The number of carboxylic acids is 1. The largest absolute Gasteiger partial charge is 0.478 e. The fourth-order valence-electron chi connectivity index (χ4n) is 1.87. The van der Waals surface area contributed by atoms with Crippen molar-refractivity contribution >= 4 is 11.8 Å². The van der Waals surface area contributed by atoms with E-state index < -0.39 is 5.97 Å². The number of carbonyl (C=O) groups excluding carboxylic acids is 1. The number of nitrogens with zero attached hydrogens (tertiary/aromatic N) is 1. The fraction of sp³-hybridized carbons (Fsp3) is 0.200. The maximum Gasteiger partial charge on any atom is 0.335 e. The summed E-state index contributed by atoms with van der Waals surface area (Å²) >= 11 is 0. The Hall–Kier alpha value is -2.36. The number of carbonyl (C=O) groups is 2. The van der Waals surface area contributed by atoms with Crippen LogP contribution in [0.2, 0.25) is 0 Å². The van der Waals surface area contributed by atoms with Gasteiger partial charge in [-0.05, 0) is 23.8 Å². The van der Waals surface area contributed by atoms with Crippen molar-refractivity contribution in [3.8, 4) is 0 Å². The van der Waals surface area contributed by atoms with Gasteiger partial charge in [0, 0.05) is 30.9 Å². The average Bonchev–Trinajstić information content (AvgIpc) is 2.87. The van der Waals surface area contributed by atoms with Gasteiger partial charge in [0.1, 0.15) is 0 Å². The van der Waals surface area contributed by atoms with E-state index in [9.17, 15) is 9.59 Å². The van der Waals surface area contributed by atoms with Crippen molar-refractivity contribution in [2.75, 3.05) is 0 Å². The Morgan fingerprint density at radius 2 is 1.79 bits per heavy atom. The molecule has 2 rings (SSSR count). The highest BCUT2D eigenvalue weighted by Crippen LogP contribution is 2.10. The lowest BCUT2D eigenvalue weighted by atomic mass is 10.1. The number of benzene rings is 1. The van der Waals surface area contributed by atoms with Crippen LogP contribution in [0.15, 0.2) is 42.7 Å². The zero-order valence-electron chi connectivity index (χ0n) is 10.7. The molecule has 0 saturated heterocycles. The summed E-state index contributed by atoms with van der Waals surface area (Å²) in [6.07, 6.45) is 4.17. The molecule has 0 atom stereocenters. The first-order chi connectivity index (χ1) is 9.10. The van der Waals surface area contributed by atoms with Crippen molar-refractivity contribution in [3.63, 3.8) is 0 Å². The van der Waals surface area contributed by atoms with Gasteiger partial charge < -0.3 is 9.67 Å². The summed E-state index contributed by atoms with van der Waals surface area (Å²) in [4.78, 5) is 22.3. The predicted octanol–water partition coefficient (Wildman–Crippen LogP) is 2.83. The Morgan fingerprint density at radius 3 is 2.37 bits per heavy atom. The lowest BCUT2D eigenvalue weighted by Gasteiger charge is -2.03. The van der Waals surface area contributed by atoms with E-state index in [0.717, 1.165) is 5.56 Å². The van der Waals surface area contributed by atoms with E-state index in [2.05, 4.69) is 0 Å². The number of rotatable bonds is 5. The van der Waals surface area contributed by atoms with E-state index in [4.69, 9.17) is 5.11 Å². The lowest BCUT2D eigenvalue weighted by Crippen LogP contribution is -2.00. The van der Waals surface area contributed by atoms with E-state index in [1.165, 1.54) is 0 Å². The lowest BCUT2D eigenvalue weighted by molar-refractivity contribution is 0.0696. The second-order valence-electron chi connectivity index (χ2n) is 4.35. The molecule has 0 aliphatic heterocycles. The van der Waals surface area contributed by atoms with Crippen LogP contribution < -0.4 is 0 Å². The van der Waals surface area contributed by atoms with Crippen molar-refractivity contribution in [1.29, 1.82) is 0 Å². The predicted molar refractivity (Wildman–Crippen MR) is 71.6 cm³/mol. The summed E-state index contributed by atoms with van der Waals surface area (Å²) in [5, 5.41) is 8.81. The highest BCUT2D eigenvalue weighted by Gasteiger charge is 2.06. The molecule has 0 fully saturated rings. The molecule has 1 N–H and O–H groups in total. The number of Topliss-reactive ketones (excluding diaryl/α,β-unsaturated/α-hetero) is 1. The molecule has 1 heterocycles. The van der Waals surface area contributed by atoms with Gasteiger partial charge in [0.25, 0.3) is 0 Å². The normalized spacial score (nSPS) is 10.4. The third-order valence-corrected chi connectivity index (χ3v) is 2.96. The number of aromatic carboxylic acids is 1. The Balaban J connectivity index is 2.10. The summed E-state index contributed by atoms with van der Waals surface area (Å²) < 4.78 is 1.92. The highest BCUT2D eigenvalue weighted by molar-refractivity contribution is 5.95. The van der Waals surface area contributed by atoms with Crippen LogP contribution in [0.5, 0.6) is 0 Å². The van der Waals surface area contributed by atoms with Gasteiger partial charge in [0.2, 0.25) is 0 Å². The highest BCUT2D eigenvalue weighted by atomic mass is 16.4. The Kier molecular flexibility index (Phi) is 3.80. The maximum absolute atomic E-state index is 11.5. The molecule has 2 aromatic rings. The summed E-state index contributed by atoms with van der Waals surface area (Å²) in [5.41, 5.74) is 1.99. The molecule has 0 aliphatic rings. The van der Waals surface area contributed by atoms with E-state index in [0.29, 0.717) is 18.5 Å². The van der Waals surface area contributed by atoms with Crippen LogP contribution in [-0.2, 0) is 6.54 Å². The number of hydrogen-bond acceptors (Lipinski definition) is 2. The third-order valence-electron chi connectivity index (χ3n) is 2.96. The maximum atomic E-state index is 11.5. The summed E-state index contributed by atoms with van der Waals surface area (Å²) in [5.74, 6) is -0.802. The molecule has 0 amide bonds. The van der Waals surface area contributed by atoms with Crippen LogP contribution in [0.1, 0.15) is 39.6 Å². The van der Waals surface area contributed by atoms with Gasteiger partial charge in [-0.25, -0.2) is 4.79 Å². The molecular formula is C15H15NO3. The number of aromatic nitrogens is 1. The van der Waals surface area contributed by atoms with Gasteiger partial charge in [-0.1, -0.05) is 19.1 Å². The van der Waals surface area contributed by atoms with Crippen LogP contribution in [0.25, 0.3) is 0 Å². The van der Waals surface area contributed by atoms with Gasteiger partial charge >= 0.3 is 5.97 Å². The molecule has 0 spiro atoms. The van der Waals surface area contributed by atoms with Crippen LogP contribution in [0.4, 0.5) is 0 Å². The molecule has 4 nitrogen and oxygen atoms in total. The van der Waals surface area contributed by atoms with Crippen LogP contribution in [-0.4, -0.2) is 21.4 Å². The number of carboxylic acid groups (broad SMARTS) is 1.